The van der Waals surface area contributed by atoms with Crippen molar-refractivity contribution < 1.29 is 9.84 Å². The Bertz CT molecular complexity index is 523. The molecule has 2 nitrogen and oxygen atoms in total. The number of phenolic OH excluding ortho intramolecular Hbond substituents is 1. The molecule has 0 aliphatic heterocycles. The van der Waals surface area contributed by atoms with Crippen LogP contribution in [0, 0.1) is 0 Å². The van der Waals surface area contributed by atoms with E-state index in [1.807, 2.05) is 18.2 Å². The van der Waals surface area contributed by atoms with Crippen molar-refractivity contribution in [2.45, 2.75) is 0 Å². The number of benzene rings is 2. The van der Waals surface area contributed by atoms with Crippen LogP contribution in [0.25, 0.3) is 0 Å². The topological polar surface area (TPSA) is 29.5 Å². The minimum Gasteiger partial charge on any atom is -0.508 e. The highest BCUT2D eigenvalue weighted by atomic mass is 79.9. The number of rotatable bonds is 4. The molecule has 0 unspecified atom stereocenters. The zero-order valence-corrected chi connectivity index (χ0v) is 18.5. The molecule has 0 spiro atoms. The lowest BCUT2D eigenvalue weighted by Gasteiger charge is -2.02. The van der Waals surface area contributed by atoms with Crippen molar-refractivity contribution in [2.24, 2.45) is 0 Å². The van der Waals surface area contributed by atoms with Gasteiger partial charge in [0.25, 0.3) is 0 Å². The van der Waals surface area contributed by atoms with Gasteiger partial charge < -0.3 is 9.84 Å². The van der Waals surface area contributed by atoms with E-state index in [-0.39, 0.29) is 5.75 Å². The van der Waals surface area contributed by atoms with Gasteiger partial charge in [-0.25, -0.2) is 0 Å². The maximum absolute atomic E-state index is 8.73. The van der Waals surface area contributed by atoms with Gasteiger partial charge in [0.1, 0.15) is 11.5 Å². The Hall–Kier alpha value is 0.0600. The van der Waals surface area contributed by atoms with Gasteiger partial charge in [0.05, 0.1) is 6.61 Å². The van der Waals surface area contributed by atoms with E-state index in [2.05, 4.69) is 47.8 Å². The average Bonchev–Trinajstić information content (AvgIpc) is 2.53. The van der Waals surface area contributed by atoms with Crippen LogP contribution in [0.1, 0.15) is 0 Å². The van der Waals surface area contributed by atoms with E-state index < -0.39 is 0 Å². The third-order valence-corrected chi connectivity index (χ3v) is 4.67. The molecule has 2 aromatic carbocycles. The molecule has 0 bridgehead atoms. The van der Waals surface area contributed by atoms with Gasteiger partial charge in [-0.15, -0.1) is 0 Å². The number of aromatic hydroxyl groups is 1. The Kier molecular flexibility index (Phi) is 15.6. The monoisotopic (exact) mass is 548 g/mol. The molecule has 0 saturated carbocycles. The molecule has 7 heteroatoms. The van der Waals surface area contributed by atoms with Crippen molar-refractivity contribution >= 4 is 71.0 Å². The molecule has 0 aromatic heterocycles. The second-order valence-electron chi connectivity index (χ2n) is 3.85. The van der Waals surface area contributed by atoms with E-state index in [0.29, 0.717) is 16.7 Å². The Balaban J connectivity index is 0.000000354. The lowest BCUT2D eigenvalue weighted by Crippen LogP contribution is -1.96. The van der Waals surface area contributed by atoms with Crippen LogP contribution >= 0.6 is 71.0 Å². The molecule has 23 heavy (non-hydrogen) atoms. The van der Waals surface area contributed by atoms with Crippen LogP contribution in [0.2, 0.25) is 10.0 Å². The molecule has 0 aliphatic rings. The van der Waals surface area contributed by atoms with Gasteiger partial charge in [0, 0.05) is 26.0 Å². The lowest BCUT2D eigenvalue weighted by atomic mass is 10.3. The molecular weight excluding hydrogens is 535 g/mol. The first-order valence-electron chi connectivity index (χ1n) is 6.54. The van der Waals surface area contributed by atoms with Gasteiger partial charge in [0.2, 0.25) is 0 Å². The molecule has 0 fully saturated rings. The summed E-state index contributed by atoms with van der Waals surface area (Å²) in [5, 5.41) is 12.9. The predicted molar refractivity (Wildman–Crippen MR) is 111 cm³/mol. The number of hydrogen-bond donors (Lipinski definition) is 1. The van der Waals surface area contributed by atoms with E-state index >= 15 is 0 Å². The molecule has 0 heterocycles. The van der Waals surface area contributed by atoms with Crippen LogP contribution in [0.3, 0.4) is 0 Å². The highest BCUT2D eigenvalue weighted by Gasteiger charge is 1.92. The molecule has 2 aromatic rings. The molecule has 0 atom stereocenters. The molecular formula is C16H17Br3Cl2O2. The van der Waals surface area contributed by atoms with Gasteiger partial charge in [-0.2, -0.15) is 0 Å². The van der Waals surface area contributed by atoms with Crippen LogP contribution < -0.4 is 4.74 Å². The van der Waals surface area contributed by atoms with Gasteiger partial charge in [-0.05, 0) is 36.4 Å². The first-order valence-corrected chi connectivity index (χ1v) is 10.7. The first-order chi connectivity index (χ1) is 11.0. The quantitative estimate of drug-likeness (QED) is 0.417. The second kappa shape index (κ2) is 15.6. The van der Waals surface area contributed by atoms with Crippen molar-refractivity contribution in [2.75, 3.05) is 22.6 Å². The highest BCUT2D eigenvalue weighted by Crippen LogP contribution is 2.17. The first kappa shape index (κ1) is 23.1. The minimum absolute atomic E-state index is 0.206. The maximum atomic E-state index is 8.73. The summed E-state index contributed by atoms with van der Waals surface area (Å²) in [4.78, 5) is 0. The van der Waals surface area contributed by atoms with E-state index in [1.54, 1.807) is 24.3 Å². The number of phenols is 1. The Morgan fingerprint density at radius 3 is 1.78 bits per heavy atom. The smallest absolute Gasteiger partial charge is 0.120 e. The minimum atomic E-state index is 0.206. The van der Waals surface area contributed by atoms with E-state index in [1.165, 1.54) is 6.07 Å². The van der Waals surface area contributed by atoms with Crippen LogP contribution in [0.5, 0.6) is 11.5 Å². The summed E-state index contributed by atoms with van der Waals surface area (Å²) >= 11 is 20.9. The van der Waals surface area contributed by atoms with Gasteiger partial charge in [0.15, 0.2) is 0 Å². The molecule has 2 rings (SSSR count). The Labute approximate surface area is 172 Å². The normalized spacial score (nSPS) is 9.09. The molecule has 0 saturated heterocycles. The van der Waals surface area contributed by atoms with Crippen molar-refractivity contribution in [1.29, 1.82) is 0 Å². The van der Waals surface area contributed by atoms with Crippen molar-refractivity contribution in [3.05, 3.63) is 58.6 Å². The van der Waals surface area contributed by atoms with Gasteiger partial charge in [-0.3, -0.25) is 0 Å². The summed E-state index contributed by atoms with van der Waals surface area (Å²) in [5.41, 5.74) is 0. The van der Waals surface area contributed by atoms with Crippen LogP contribution in [0.4, 0.5) is 0 Å². The largest absolute Gasteiger partial charge is 0.508 e. The molecule has 1 N–H and O–H groups in total. The van der Waals surface area contributed by atoms with Gasteiger partial charge in [-0.1, -0.05) is 83.1 Å². The Morgan fingerprint density at radius 2 is 1.39 bits per heavy atom. The molecule has 0 aliphatic carbocycles. The zero-order chi connectivity index (χ0) is 17.5. The van der Waals surface area contributed by atoms with E-state index in [0.717, 1.165) is 21.7 Å². The second-order valence-corrected chi connectivity index (χ2v) is 7.10. The van der Waals surface area contributed by atoms with Crippen molar-refractivity contribution in [3.63, 3.8) is 0 Å². The number of hydrogen-bond acceptors (Lipinski definition) is 2. The van der Waals surface area contributed by atoms with Crippen LogP contribution in [-0.2, 0) is 0 Å². The molecule has 128 valence electrons. The third-order valence-electron chi connectivity index (χ3n) is 2.02. The zero-order valence-electron chi connectivity index (χ0n) is 12.2. The summed E-state index contributed by atoms with van der Waals surface area (Å²) in [6.45, 7) is 0.667. The van der Waals surface area contributed by atoms with Crippen LogP contribution in [-0.4, -0.2) is 27.7 Å². The number of halogens is 5. The van der Waals surface area contributed by atoms with E-state index in [9.17, 15) is 0 Å². The highest BCUT2D eigenvalue weighted by molar-refractivity contribution is 9.12. The summed E-state index contributed by atoms with van der Waals surface area (Å²) in [6, 6.07) is 13.8. The third kappa shape index (κ3) is 14.1. The molecule has 0 radical (unpaired) electrons. The number of alkyl halides is 3. The Morgan fingerprint density at radius 1 is 0.826 bits per heavy atom. The fourth-order valence-electron chi connectivity index (χ4n) is 1.19. The summed E-state index contributed by atoms with van der Waals surface area (Å²) in [7, 11) is 0. The van der Waals surface area contributed by atoms with E-state index in [4.69, 9.17) is 33.0 Å². The van der Waals surface area contributed by atoms with Crippen molar-refractivity contribution in [1.82, 2.24) is 0 Å². The predicted octanol–water partition coefficient (Wildman–Crippen LogP) is 6.94. The molecule has 0 amide bonds. The van der Waals surface area contributed by atoms with Crippen LogP contribution in [0.15, 0.2) is 48.5 Å². The fraction of sp³-hybridized carbons (Fsp3) is 0.250. The van der Waals surface area contributed by atoms with Gasteiger partial charge >= 0.3 is 0 Å². The summed E-state index contributed by atoms with van der Waals surface area (Å²) in [6.07, 6.45) is 0. The number of ether oxygens (including phenoxy) is 1. The summed E-state index contributed by atoms with van der Waals surface area (Å²) in [5.74, 6) is 1.02. The SMILES string of the molecule is BrCCBr.Clc1cccc(OCCBr)c1.Oc1cccc(Cl)c1. The summed E-state index contributed by atoms with van der Waals surface area (Å²) < 4.78 is 5.30. The lowest BCUT2D eigenvalue weighted by molar-refractivity contribution is 0.345. The fourth-order valence-corrected chi connectivity index (χ4v) is 1.72. The average molecular weight is 552 g/mol. The standard InChI is InChI=1S/C8H8BrClO.C6H5ClO.C2H4Br2/c9-4-5-11-8-3-1-2-7(10)6-8;7-5-2-1-3-6(8)4-5;3-1-2-4/h1-3,6H,4-5H2;1-4,8H;1-2H2. The maximum Gasteiger partial charge on any atom is 0.120 e. The van der Waals surface area contributed by atoms with Crippen molar-refractivity contribution in [3.8, 4) is 11.5 Å².